The van der Waals surface area contributed by atoms with Crippen molar-refractivity contribution in [3.8, 4) is 0 Å². The lowest BCUT2D eigenvalue weighted by Gasteiger charge is -2.20. The van der Waals surface area contributed by atoms with Gasteiger partial charge in [-0.1, -0.05) is 41.5 Å². The molecule has 0 aliphatic heterocycles. The van der Waals surface area contributed by atoms with Gasteiger partial charge in [-0.2, -0.15) is 0 Å². The van der Waals surface area contributed by atoms with E-state index in [1.807, 2.05) is 12.3 Å². The van der Waals surface area contributed by atoms with Crippen molar-refractivity contribution in [1.82, 2.24) is 9.97 Å². The number of aromatic nitrogens is 2. The molecule has 0 radical (unpaired) electrons. The molecule has 2 heteroatoms. The van der Waals surface area contributed by atoms with Crippen LogP contribution in [0.3, 0.4) is 0 Å². The molecule has 0 saturated carbocycles. The third-order valence-corrected chi connectivity index (χ3v) is 2.10. The molecule has 1 heterocycles. The predicted molar refractivity (Wildman–Crippen MR) is 63.9 cm³/mol. The van der Waals surface area contributed by atoms with Crippen LogP contribution >= 0.6 is 0 Å². The molecule has 84 valence electrons. The smallest absolute Gasteiger partial charge is 0.133 e. The van der Waals surface area contributed by atoms with E-state index in [2.05, 4.69) is 51.5 Å². The summed E-state index contributed by atoms with van der Waals surface area (Å²) in [5.41, 5.74) is 1.46. The second-order valence-electron chi connectivity index (χ2n) is 6.36. The highest BCUT2D eigenvalue weighted by molar-refractivity contribution is 5.09. The lowest BCUT2D eigenvalue weighted by Crippen LogP contribution is -2.18. The highest BCUT2D eigenvalue weighted by Crippen LogP contribution is 2.22. The van der Waals surface area contributed by atoms with Gasteiger partial charge in [-0.25, -0.2) is 9.97 Å². The lowest BCUT2D eigenvalue weighted by atomic mass is 9.90. The van der Waals surface area contributed by atoms with Gasteiger partial charge >= 0.3 is 0 Å². The zero-order valence-corrected chi connectivity index (χ0v) is 10.8. The van der Waals surface area contributed by atoms with E-state index >= 15 is 0 Å². The minimum atomic E-state index is 0.0356. The molecular weight excluding hydrogens is 184 g/mol. The van der Waals surface area contributed by atoms with E-state index in [1.165, 1.54) is 0 Å². The molecule has 0 spiro atoms. The van der Waals surface area contributed by atoms with Gasteiger partial charge in [0, 0.05) is 17.3 Å². The summed E-state index contributed by atoms with van der Waals surface area (Å²) in [6, 6.07) is 2.01. The second kappa shape index (κ2) is 3.92. The van der Waals surface area contributed by atoms with Gasteiger partial charge < -0.3 is 0 Å². The van der Waals surface area contributed by atoms with E-state index in [0.29, 0.717) is 0 Å². The first-order chi connectivity index (χ1) is 6.68. The average Bonchev–Trinajstić information content (AvgIpc) is 1.99. The highest BCUT2D eigenvalue weighted by Gasteiger charge is 2.19. The Bertz CT molecular complexity index is 329. The van der Waals surface area contributed by atoms with Crippen LogP contribution in [0.15, 0.2) is 12.3 Å². The highest BCUT2D eigenvalue weighted by atomic mass is 14.9. The van der Waals surface area contributed by atoms with E-state index in [0.717, 1.165) is 17.9 Å². The number of hydrogen-bond acceptors (Lipinski definition) is 2. The predicted octanol–water partition coefficient (Wildman–Crippen LogP) is 3.36. The van der Waals surface area contributed by atoms with E-state index in [-0.39, 0.29) is 10.8 Å². The Morgan fingerprint density at radius 2 is 1.67 bits per heavy atom. The first kappa shape index (κ1) is 12.2. The fourth-order valence-electron chi connectivity index (χ4n) is 1.40. The third kappa shape index (κ3) is 3.98. The van der Waals surface area contributed by atoms with Crippen LogP contribution in [-0.2, 0) is 11.8 Å². The Kier molecular flexibility index (Phi) is 3.17. The van der Waals surface area contributed by atoms with Crippen molar-refractivity contribution >= 4 is 0 Å². The van der Waals surface area contributed by atoms with Crippen molar-refractivity contribution in [1.29, 1.82) is 0 Å². The fraction of sp³-hybridized carbons (Fsp3) is 0.692. The normalized spacial score (nSPS) is 12.9. The van der Waals surface area contributed by atoms with Crippen molar-refractivity contribution in [2.45, 2.75) is 53.4 Å². The van der Waals surface area contributed by atoms with E-state index in [4.69, 9.17) is 0 Å². The van der Waals surface area contributed by atoms with Crippen LogP contribution < -0.4 is 0 Å². The molecule has 0 unspecified atom stereocenters. The average molecular weight is 206 g/mol. The standard InChI is InChI=1S/C13H22N2/c1-12(2,3)9-10-7-8-14-11(15-10)13(4,5)6/h7-8H,9H2,1-6H3. The molecular formula is C13H22N2. The van der Waals surface area contributed by atoms with Crippen molar-refractivity contribution < 1.29 is 0 Å². The number of nitrogens with zero attached hydrogens (tertiary/aromatic N) is 2. The molecule has 0 atom stereocenters. The zero-order chi connectivity index (χ0) is 11.7. The van der Waals surface area contributed by atoms with E-state index in [1.54, 1.807) is 0 Å². The SMILES string of the molecule is CC(C)(C)Cc1ccnc(C(C)(C)C)n1. The van der Waals surface area contributed by atoms with Crippen LogP contribution in [0.4, 0.5) is 0 Å². The Hall–Kier alpha value is -0.920. The summed E-state index contributed by atoms with van der Waals surface area (Å²) in [7, 11) is 0. The Labute approximate surface area is 93.2 Å². The van der Waals surface area contributed by atoms with Crippen LogP contribution in [0.2, 0.25) is 0 Å². The van der Waals surface area contributed by atoms with E-state index in [9.17, 15) is 0 Å². The first-order valence-corrected chi connectivity index (χ1v) is 5.51. The quantitative estimate of drug-likeness (QED) is 0.704. The van der Waals surface area contributed by atoms with Crippen molar-refractivity contribution in [2.24, 2.45) is 5.41 Å². The Morgan fingerprint density at radius 3 is 2.13 bits per heavy atom. The summed E-state index contributed by atoms with van der Waals surface area (Å²) in [6.07, 6.45) is 2.87. The zero-order valence-electron chi connectivity index (χ0n) is 10.8. The molecule has 1 aromatic rings. The van der Waals surface area contributed by atoms with Crippen molar-refractivity contribution in [2.75, 3.05) is 0 Å². The summed E-state index contributed by atoms with van der Waals surface area (Å²) in [5.74, 6) is 0.934. The molecule has 0 aliphatic rings. The minimum Gasteiger partial charge on any atom is -0.241 e. The molecule has 15 heavy (non-hydrogen) atoms. The van der Waals surface area contributed by atoms with Gasteiger partial charge in [-0.05, 0) is 17.9 Å². The molecule has 0 saturated heterocycles. The maximum absolute atomic E-state index is 4.62. The summed E-state index contributed by atoms with van der Waals surface area (Å²) in [4.78, 5) is 8.95. The van der Waals surface area contributed by atoms with Gasteiger partial charge in [0.1, 0.15) is 5.82 Å². The van der Waals surface area contributed by atoms with Crippen molar-refractivity contribution in [3.63, 3.8) is 0 Å². The molecule has 0 aromatic carbocycles. The first-order valence-electron chi connectivity index (χ1n) is 5.51. The molecule has 1 aromatic heterocycles. The number of hydrogen-bond donors (Lipinski definition) is 0. The molecule has 0 amide bonds. The van der Waals surface area contributed by atoms with Crippen LogP contribution in [0, 0.1) is 5.41 Å². The monoisotopic (exact) mass is 206 g/mol. The second-order valence-corrected chi connectivity index (χ2v) is 6.36. The van der Waals surface area contributed by atoms with Crippen LogP contribution in [-0.4, -0.2) is 9.97 Å². The van der Waals surface area contributed by atoms with Crippen LogP contribution in [0.1, 0.15) is 53.1 Å². The largest absolute Gasteiger partial charge is 0.241 e. The maximum Gasteiger partial charge on any atom is 0.133 e. The van der Waals surface area contributed by atoms with Gasteiger partial charge in [0.25, 0.3) is 0 Å². The molecule has 0 aliphatic carbocycles. The summed E-state index contributed by atoms with van der Waals surface area (Å²) in [5, 5.41) is 0. The molecule has 2 nitrogen and oxygen atoms in total. The van der Waals surface area contributed by atoms with Gasteiger partial charge in [-0.3, -0.25) is 0 Å². The summed E-state index contributed by atoms with van der Waals surface area (Å²) >= 11 is 0. The van der Waals surface area contributed by atoms with Gasteiger partial charge in [-0.15, -0.1) is 0 Å². The lowest BCUT2D eigenvalue weighted by molar-refractivity contribution is 0.403. The van der Waals surface area contributed by atoms with Crippen molar-refractivity contribution in [3.05, 3.63) is 23.8 Å². The maximum atomic E-state index is 4.62. The summed E-state index contributed by atoms with van der Waals surface area (Å²) < 4.78 is 0. The van der Waals surface area contributed by atoms with Crippen LogP contribution in [0.5, 0.6) is 0 Å². The third-order valence-electron chi connectivity index (χ3n) is 2.10. The topological polar surface area (TPSA) is 25.8 Å². The van der Waals surface area contributed by atoms with Crippen LogP contribution in [0.25, 0.3) is 0 Å². The minimum absolute atomic E-state index is 0.0356. The fourth-order valence-corrected chi connectivity index (χ4v) is 1.40. The Morgan fingerprint density at radius 1 is 1.07 bits per heavy atom. The Balaban J connectivity index is 2.94. The van der Waals surface area contributed by atoms with Gasteiger partial charge in [0.2, 0.25) is 0 Å². The number of rotatable bonds is 1. The van der Waals surface area contributed by atoms with Gasteiger partial charge in [0.15, 0.2) is 0 Å². The molecule has 1 rings (SSSR count). The molecule has 0 N–H and O–H groups in total. The summed E-state index contributed by atoms with van der Waals surface area (Å²) in [6.45, 7) is 13.1. The van der Waals surface area contributed by atoms with Gasteiger partial charge in [0.05, 0.1) is 0 Å². The van der Waals surface area contributed by atoms with E-state index < -0.39 is 0 Å². The molecule has 0 bridgehead atoms. The molecule has 0 fully saturated rings.